The van der Waals surface area contributed by atoms with Gasteiger partial charge in [0.05, 0.1) is 29.5 Å². The molecule has 0 N–H and O–H groups in total. The highest BCUT2D eigenvalue weighted by molar-refractivity contribution is 5.95. The second-order valence-electron chi connectivity index (χ2n) is 7.48. The van der Waals surface area contributed by atoms with Crippen LogP contribution in [0.3, 0.4) is 0 Å². The summed E-state index contributed by atoms with van der Waals surface area (Å²) in [6.07, 6.45) is 3.82. The van der Waals surface area contributed by atoms with Gasteiger partial charge in [-0.2, -0.15) is 5.10 Å². The Morgan fingerprint density at radius 2 is 2.00 bits per heavy atom. The molecule has 2 aromatic heterocycles. The fourth-order valence-corrected chi connectivity index (χ4v) is 4.03. The molecule has 1 saturated heterocycles. The van der Waals surface area contributed by atoms with Gasteiger partial charge < -0.3 is 9.64 Å². The summed E-state index contributed by atoms with van der Waals surface area (Å²) in [5.74, 6) is -0.593. The number of hydrogen-bond acceptors (Lipinski definition) is 5. The van der Waals surface area contributed by atoms with E-state index in [1.54, 1.807) is 22.5 Å². The predicted molar refractivity (Wildman–Crippen MR) is 113 cm³/mol. The van der Waals surface area contributed by atoms with Crippen molar-refractivity contribution in [1.29, 1.82) is 0 Å². The number of carbonyl (C=O) groups excluding carboxylic acids is 2. The van der Waals surface area contributed by atoms with Crippen molar-refractivity contribution in [3.8, 4) is 11.3 Å². The standard InChI is InChI=1S/C23H26N4O3/c1-3-20-18(22(28)26-12-8-11-17(15-26)23(29)30-4-2)14-24-21-13-19(25-27(20)21)16-9-6-5-7-10-16/h5-7,9-10,13-14,17H,3-4,8,11-12,15H2,1-2H3. The number of esters is 1. The van der Waals surface area contributed by atoms with Crippen LogP contribution in [0.15, 0.2) is 42.6 Å². The minimum absolute atomic E-state index is 0.105. The molecule has 156 valence electrons. The fourth-order valence-electron chi connectivity index (χ4n) is 4.03. The maximum atomic E-state index is 13.3. The van der Waals surface area contributed by atoms with Crippen molar-refractivity contribution in [2.45, 2.75) is 33.1 Å². The van der Waals surface area contributed by atoms with E-state index in [0.29, 0.717) is 37.3 Å². The van der Waals surface area contributed by atoms with Crippen LogP contribution in [0.5, 0.6) is 0 Å². The summed E-state index contributed by atoms with van der Waals surface area (Å²) < 4.78 is 6.93. The Balaban J connectivity index is 1.65. The van der Waals surface area contributed by atoms with E-state index < -0.39 is 0 Å². The molecule has 0 saturated carbocycles. The molecule has 3 heterocycles. The summed E-state index contributed by atoms with van der Waals surface area (Å²) in [4.78, 5) is 31.7. The molecule has 7 nitrogen and oxygen atoms in total. The van der Waals surface area contributed by atoms with Gasteiger partial charge in [0.25, 0.3) is 5.91 Å². The molecule has 3 aromatic rings. The molecule has 1 aromatic carbocycles. The second-order valence-corrected chi connectivity index (χ2v) is 7.48. The number of likely N-dealkylation sites (tertiary alicyclic amines) is 1. The van der Waals surface area contributed by atoms with Crippen LogP contribution < -0.4 is 0 Å². The molecule has 1 atom stereocenters. The Hall–Kier alpha value is -3.22. The van der Waals surface area contributed by atoms with Crippen molar-refractivity contribution < 1.29 is 14.3 Å². The number of piperidine rings is 1. The minimum Gasteiger partial charge on any atom is -0.466 e. The van der Waals surface area contributed by atoms with E-state index in [0.717, 1.165) is 29.8 Å². The molecule has 1 unspecified atom stereocenters. The normalized spacial score (nSPS) is 16.6. The number of hydrogen-bond donors (Lipinski definition) is 0. The van der Waals surface area contributed by atoms with E-state index in [9.17, 15) is 9.59 Å². The average molecular weight is 406 g/mol. The lowest BCUT2D eigenvalue weighted by Gasteiger charge is -2.32. The van der Waals surface area contributed by atoms with Crippen molar-refractivity contribution in [1.82, 2.24) is 19.5 Å². The SMILES string of the molecule is CCOC(=O)C1CCCN(C(=O)c2cnc3cc(-c4ccccc4)nn3c2CC)C1. The highest BCUT2D eigenvalue weighted by Gasteiger charge is 2.31. The molecule has 0 aliphatic carbocycles. The van der Waals surface area contributed by atoms with Crippen LogP contribution in [-0.2, 0) is 16.0 Å². The summed E-state index contributed by atoms with van der Waals surface area (Å²) in [5.41, 5.74) is 3.90. The predicted octanol–water partition coefficient (Wildman–Crippen LogP) is 3.37. The molecular formula is C23H26N4O3. The van der Waals surface area contributed by atoms with Gasteiger partial charge >= 0.3 is 5.97 Å². The number of nitrogens with zero attached hydrogens (tertiary/aromatic N) is 4. The Bertz CT molecular complexity index is 1060. The zero-order chi connectivity index (χ0) is 21.1. The van der Waals surface area contributed by atoms with E-state index >= 15 is 0 Å². The zero-order valence-corrected chi connectivity index (χ0v) is 17.4. The van der Waals surface area contributed by atoms with Gasteiger partial charge in [-0.15, -0.1) is 0 Å². The first-order valence-electron chi connectivity index (χ1n) is 10.5. The van der Waals surface area contributed by atoms with E-state index in [2.05, 4.69) is 4.98 Å². The summed E-state index contributed by atoms with van der Waals surface area (Å²) in [6.45, 7) is 5.17. The van der Waals surface area contributed by atoms with E-state index in [1.807, 2.05) is 43.3 Å². The number of ether oxygens (including phenoxy) is 1. The topological polar surface area (TPSA) is 76.8 Å². The third-order valence-corrected chi connectivity index (χ3v) is 5.55. The third-order valence-electron chi connectivity index (χ3n) is 5.55. The minimum atomic E-state index is -0.265. The smallest absolute Gasteiger partial charge is 0.310 e. The van der Waals surface area contributed by atoms with Crippen LogP contribution in [0.2, 0.25) is 0 Å². The average Bonchev–Trinajstić information content (AvgIpc) is 3.23. The Morgan fingerprint density at radius 1 is 1.20 bits per heavy atom. The molecule has 30 heavy (non-hydrogen) atoms. The van der Waals surface area contributed by atoms with Gasteiger partial charge in [0.15, 0.2) is 5.65 Å². The van der Waals surface area contributed by atoms with Crippen molar-refractivity contribution in [3.05, 3.63) is 53.9 Å². The van der Waals surface area contributed by atoms with Crippen LogP contribution in [0.4, 0.5) is 0 Å². The van der Waals surface area contributed by atoms with Gasteiger partial charge in [0, 0.05) is 30.9 Å². The van der Waals surface area contributed by atoms with Gasteiger partial charge in [-0.25, -0.2) is 9.50 Å². The Labute approximate surface area is 175 Å². The van der Waals surface area contributed by atoms with Crippen molar-refractivity contribution >= 4 is 17.5 Å². The van der Waals surface area contributed by atoms with Gasteiger partial charge in [0.1, 0.15) is 0 Å². The van der Waals surface area contributed by atoms with Crippen LogP contribution >= 0.6 is 0 Å². The van der Waals surface area contributed by atoms with Crippen molar-refractivity contribution in [2.24, 2.45) is 5.92 Å². The third kappa shape index (κ3) is 3.79. The molecule has 1 aliphatic rings. The number of fused-ring (bicyclic) bond motifs is 1. The van der Waals surface area contributed by atoms with Gasteiger partial charge in [-0.3, -0.25) is 9.59 Å². The van der Waals surface area contributed by atoms with E-state index in [4.69, 9.17) is 9.84 Å². The van der Waals surface area contributed by atoms with Crippen molar-refractivity contribution in [2.75, 3.05) is 19.7 Å². The highest BCUT2D eigenvalue weighted by Crippen LogP contribution is 2.24. The van der Waals surface area contributed by atoms with E-state index in [-0.39, 0.29) is 17.8 Å². The van der Waals surface area contributed by atoms with Crippen LogP contribution in [0.1, 0.15) is 42.7 Å². The van der Waals surface area contributed by atoms with Gasteiger partial charge in [-0.05, 0) is 26.2 Å². The number of rotatable bonds is 5. The monoisotopic (exact) mass is 406 g/mol. The molecule has 4 rings (SSSR count). The Kier molecular flexibility index (Phi) is 5.79. The maximum Gasteiger partial charge on any atom is 0.310 e. The first-order valence-corrected chi connectivity index (χ1v) is 10.5. The number of aromatic nitrogens is 3. The fraction of sp³-hybridized carbons (Fsp3) is 0.391. The molecular weight excluding hydrogens is 380 g/mol. The summed E-state index contributed by atoms with van der Waals surface area (Å²) in [7, 11) is 0. The van der Waals surface area contributed by atoms with E-state index in [1.165, 1.54) is 0 Å². The van der Waals surface area contributed by atoms with Crippen LogP contribution in [0.25, 0.3) is 16.9 Å². The summed E-state index contributed by atoms with van der Waals surface area (Å²) in [5, 5.41) is 4.72. The summed E-state index contributed by atoms with van der Waals surface area (Å²) in [6, 6.07) is 11.8. The number of aryl methyl sites for hydroxylation is 1. The molecule has 1 fully saturated rings. The molecule has 0 spiro atoms. The number of amides is 1. The number of carbonyl (C=O) groups is 2. The van der Waals surface area contributed by atoms with Gasteiger partial charge in [-0.1, -0.05) is 37.3 Å². The largest absolute Gasteiger partial charge is 0.466 e. The molecule has 0 bridgehead atoms. The van der Waals surface area contributed by atoms with Crippen molar-refractivity contribution in [3.63, 3.8) is 0 Å². The lowest BCUT2D eigenvalue weighted by Crippen LogP contribution is -2.43. The van der Waals surface area contributed by atoms with Crippen LogP contribution in [-0.4, -0.2) is 51.1 Å². The molecule has 1 amide bonds. The van der Waals surface area contributed by atoms with Crippen LogP contribution in [0, 0.1) is 5.92 Å². The highest BCUT2D eigenvalue weighted by atomic mass is 16.5. The lowest BCUT2D eigenvalue weighted by molar-refractivity contribution is -0.149. The second kappa shape index (κ2) is 8.65. The quantitative estimate of drug-likeness (QED) is 0.607. The molecule has 7 heteroatoms. The first kappa shape index (κ1) is 20.1. The molecule has 1 aliphatic heterocycles. The summed E-state index contributed by atoms with van der Waals surface area (Å²) >= 11 is 0. The molecule has 0 radical (unpaired) electrons. The maximum absolute atomic E-state index is 13.3. The Morgan fingerprint density at radius 3 is 2.73 bits per heavy atom. The van der Waals surface area contributed by atoms with Gasteiger partial charge in [0.2, 0.25) is 0 Å². The zero-order valence-electron chi connectivity index (χ0n) is 17.4. The first-order chi connectivity index (χ1) is 14.6. The lowest BCUT2D eigenvalue weighted by atomic mass is 9.97. The number of benzene rings is 1.